The minimum atomic E-state index is -0.281. The monoisotopic (exact) mass is 432 g/mol. The molecule has 1 heterocycles. The van der Waals surface area contributed by atoms with Gasteiger partial charge in [0.1, 0.15) is 0 Å². The summed E-state index contributed by atoms with van der Waals surface area (Å²) in [5, 5.41) is 8.63. The van der Waals surface area contributed by atoms with Crippen LogP contribution in [0.15, 0.2) is 47.1 Å². The Morgan fingerprint density at radius 1 is 1.07 bits per heavy atom. The van der Waals surface area contributed by atoms with E-state index in [0.717, 1.165) is 15.7 Å². The lowest BCUT2D eigenvalue weighted by Gasteiger charge is -2.23. The van der Waals surface area contributed by atoms with Crippen molar-refractivity contribution in [2.24, 2.45) is 5.92 Å². The van der Waals surface area contributed by atoms with Gasteiger partial charge in [0.2, 0.25) is 11.8 Å². The van der Waals surface area contributed by atoms with Crippen molar-refractivity contribution >= 4 is 33.4 Å². The SMILES string of the molecule is Cc1cccnc1C(NCC(=O)NCC(=O)Nc1ccccc1Br)C(C)C. The quantitative estimate of drug-likeness (QED) is 0.597. The molecule has 1 aromatic carbocycles. The van der Waals surface area contributed by atoms with Crippen LogP contribution in [0, 0.1) is 12.8 Å². The molecule has 27 heavy (non-hydrogen) atoms. The van der Waals surface area contributed by atoms with Crippen LogP contribution < -0.4 is 16.0 Å². The second-order valence-corrected chi connectivity index (χ2v) is 7.47. The molecule has 1 unspecified atom stereocenters. The number of halogens is 1. The second kappa shape index (κ2) is 10.2. The lowest BCUT2D eigenvalue weighted by molar-refractivity contribution is -0.123. The maximum atomic E-state index is 12.1. The molecule has 0 fully saturated rings. The number of para-hydroxylation sites is 1. The van der Waals surface area contributed by atoms with E-state index < -0.39 is 0 Å². The van der Waals surface area contributed by atoms with Gasteiger partial charge >= 0.3 is 0 Å². The number of rotatable bonds is 8. The van der Waals surface area contributed by atoms with Crippen LogP contribution in [0.2, 0.25) is 0 Å². The van der Waals surface area contributed by atoms with Crippen molar-refractivity contribution in [1.29, 1.82) is 0 Å². The van der Waals surface area contributed by atoms with Gasteiger partial charge in [0.05, 0.1) is 30.5 Å². The standard InChI is InChI=1S/C20H25BrN4O2/c1-13(2)19(20-14(3)7-6-10-22-20)24-11-17(26)23-12-18(27)25-16-9-5-4-8-15(16)21/h4-10,13,19,24H,11-12H2,1-3H3,(H,23,26)(H,25,27). The summed E-state index contributed by atoms with van der Waals surface area (Å²) in [5.74, 6) is -0.252. The highest BCUT2D eigenvalue weighted by Gasteiger charge is 2.19. The summed E-state index contributed by atoms with van der Waals surface area (Å²) in [7, 11) is 0. The number of aromatic nitrogens is 1. The van der Waals surface area contributed by atoms with Crippen LogP contribution in [0.5, 0.6) is 0 Å². The minimum Gasteiger partial charge on any atom is -0.346 e. The van der Waals surface area contributed by atoms with Gasteiger partial charge in [0.25, 0.3) is 0 Å². The smallest absolute Gasteiger partial charge is 0.243 e. The van der Waals surface area contributed by atoms with E-state index in [2.05, 4.69) is 50.7 Å². The summed E-state index contributed by atoms with van der Waals surface area (Å²) < 4.78 is 0.789. The molecule has 1 atom stereocenters. The lowest BCUT2D eigenvalue weighted by Crippen LogP contribution is -2.40. The molecule has 0 radical (unpaired) electrons. The van der Waals surface area contributed by atoms with Crippen LogP contribution >= 0.6 is 15.9 Å². The number of hydrogen-bond donors (Lipinski definition) is 3. The van der Waals surface area contributed by atoms with Gasteiger partial charge in [-0.05, 0) is 52.5 Å². The zero-order valence-corrected chi connectivity index (χ0v) is 17.3. The van der Waals surface area contributed by atoms with Gasteiger partial charge in [-0.3, -0.25) is 19.9 Å². The normalized spacial score (nSPS) is 11.9. The van der Waals surface area contributed by atoms with Gasteiger partial charge in [-0.1, -0.05) is 32.0 Å². The topological polar surface area (TPSA) is 83.1 Å². The van der Waals surface area contributed by atoms with E-state index in [1.165, 1.54) is 0 Å². The molecule has 0 saturated carbocycles. The van der Waals surface area contributed by atoms with Crippen LogP contribution in [0.3, 0.4) is 0 Å². The largest absolute Gasteiger partial charge is 0.346 e. The van der Waals surface area contributed by atoms with Gasteiger partial charge < -0.3 is 10.6 Å². The fourth-order valence-electron chi connectivity index (χ4n) is 2.67. The van der Waals surface area contributed by atoms with Crippen molar-refractivity contribution in [2.75, 3.05) is 18.4 Å². The van der Waals surface area contributed by atoms with Crippen LogP contribution in [0.4, 0.5) is 5.69 Å². The number of anilines is 1. The maximum absolute atomic E-state index is 12.1. The molecule has 6 nitrogen and oxygen atoms in total. The first-order valence-corrected chi connectivity index (χ1v) is 9.63. The average molecular weight is 433 g/mol. The molecule has 0 aliphatic rings. The Morgan fingerprint density at radius 2 is 1.81 bits per heavy atom. The zero-order valence-electron chi connectivity index (χ0n) is 15.8. The van der Waals surface area contributed by atoms with E-state index >= 15 is 0 Å². The summed E-state index contributed by atoms with van der Waals surface area (Å²) in [6.45, 7) is 6.19. The molecule has 7 heteroatoms. The first-order valence-electron chi connectivity index (χ1n) is 8.84. The molecule has 2 rings (SSSR count). The second-order valence-electron chi connectivity index (χ2n) is 6.61. The van der Waals surface area contributed by atoms with Crippen molar-refractivity contribution < 1.29 is 9.59 Å². The summed E-state index contributed by atoms with van der Waals surface area (Å²) in [5.41, 5.74) is 2.68. The predicted octanol–water partition coefficient (Wildman–Crippen LogP) is 3.19. The Kier molecular flexibility index (Phi) is 7.94. The van der Waals surface area contributed by atoms with E-state index in [1.54, 1.807) is 12.3 Å². The number of benzene rings is 1. The molecule has 2 aromatic rings. The number of nitrogens with one attached hydrogen (secondary N) is 3. The van der Waals surface area contributed by atoms with Gasteiger partial charge in [0.15, 0.2) is 0 Å². The summed E-state index contributed by atoms with van der Waals surface area (Å²) in [6, 6.07) is 11.2. The highest BCUT2D eigenvalue weighted by molar-refractivity contribution is 9.10. The Morgan fingerprint density at radius 3 is 2.48 bits per heavy atom. The van der Waals surface area contributed by atoms with E-state index in [-0.39, 0.29) is 36.9 Å². The van der Waals surface area contributed by atoms with Crippen molar-refractivity contribution in [3.63, 3.8) is 0 Å². The molecular formula is C20H25BrN4O2. The molecule has 144 valence electrons. The third kappa shape index (κ3) is 6.45. The third-order valence-electron chi connectivity index (χ3n) is 4.09. The maximum Gasteiger partial charge on any atom is 0.243 e. The van der Waals surface area contributed by atoms with Crippen LogP contribution in [0.1, 0.15) is 31.1 Å². The highest BCUT2D eigenvalue weighted by Crippen LogP contribution is 2.22. The molecule has 3 N–H and O–H groups in total. The molecule has 0 aliphatic heterocycles. The Labute approximate surface area is 168 Å². The number of nitrogens with zero attached hydrogens (tertiary/aromatic N) is 1. The number of aryl methyl sites for hydroxylation is 1. The zero-order chi connectivity index (χ0) is 19.8. The highest BCUT2D eigenvalue weighted by atomic mass is 79.9. The van der Waals surface area contributed by atoms with Crippen molar-refractivity contribution in [3.05, 3.63) is 58.3 Å². The van der Waals surface area contributed by atoms with Crippen molar-refractivity contribution in [2.45, 2.75) is 26.8 Å². The van der Waals surface area contributed by atoms with E-state index in [0.29, 0.717) is 5.69 Å². The molecule has 0 saturated heterocycles. The predicted molar refractivity (Wildman–Crippen MR) is 110 cm³/mol. The molecule has 0 aliphatic carbocycles. The average Bonchev–Trinajstić information content (AvgIpc) is 2.63. The fraction of sp³-hybridized carbons (Fsp3) is 0.350. The minimum absolute atomic E-state index is 0.0361. The summed E-state index contributed by atoms with van der Waals surface area (Å²) in [6.07, 6.45) is 1.76. The number of pyridine rings is 1. The fourth-order valence-corrected chi connectivity index (χ4v) is 3.06. The van der Waals surface area contributed by atoms with E-state index in [4.69, 9.17) is 0 Å². The first-order chi connectivity index (χ1) is 12.9. The molecule has 0 spiro atoms. The molecular weight excluding hydrogens is 408 g/mol. The molecule has 1 aromatic heterocycles. The van der Waals surface area contributed by atoms with Crippen LogP contribution in [-0.4, -0.2) is 29.9 Å². The number of amides is 2. The lowest BCUT2D eigenvalue weighted by atomic mass is 9.97. The number of hydrogen-bond acceptors (Lipinski definition) is 4. The molecule has 0 bridgehead atoms. The Bertz CT molecular complexity index is 795. The van der Waals surface area contributed by atoms with Gasteiger partial charge in [-0.2, -0.15) is 0 Å². The van der Waals surface area contributed by atoms with Crippen molar-refractivity contribution in [3.8, 4) is 0 Å². The van der Waals surface area contributed by atoms with Gasteiger partial charge in [-0.25, -0.2) is 0 Å². The number of carbonyl (C=O) groups excluding carboxylic acids is 2. The van der Waals surface area contributed by atoms with Gasteiger partial charge in [-0.15, -0.1) is 0 Å². The first kappa shape index (κ1) is 21.1. The van der Waals surface area contributed by atoms with Crippen LogP contribution in [-0.2, 0) is 9.59 Å². The van der Waals surface area contributed by atoms with E-state index in [1.807, 2.05) is 37.3 Å². The number of carbonyl (C=O) groups is 2. The Hall–Kier alpha value is -2.25. The van der Waals surface area contributed by atoms with Crippen LogP contribution in [0.25, 0.3) is 0 Å². The third-order valence-corrected chi connectivity index (χ3v) is 4.78. The summed E-state index contributed by atoms with van der Waals surface area (Å²) in [4.78, 5) is 28.6. The van der Waals surface area contributed by atoms with Crippen molar-refractivity contribution in [1.82, 2.24) is 15.6 Å². The summed E-state index contributed by atoms with van der Waals surface area (Å²) >= 11 is 3.37. The van der Waals surface area contributed by atoms with Gasteiger partial charge in [0, 0.05) is 10.7 Å². The van der Waals surface area contributed by atoms with E-state index in [9.17, 15) is 9.59 Å². The Balaban J connectivity index is 1.83. The molecule has 2 amide bonds.